The topological polar surface area (TPSA) is 20.3 Å². The fraction of sp³-hybridized carbons (Fsp3) is 0.133. The van der Waals surface area contributed by atoms with E-state index in [-0.39, 0.29) is 5.91 Å². The predicted octanol–water partition coefficient (Wildman–Crippen LogP) is 3.50. The minimum atomic E-state index is 0.0358. The second kappa shape index (κ2) is 4.46. The van der Waals surface area contributed by atoms with Crippen molar-refractivity contribution in [3.8, 4) is 0 Å². The van der Waals surface area contributed by atoms with Gasteiger partial charge in [0, 0.05) is 23.7 Å². The van der Waals surface area contributed by atoms with E-state index in [1.165, 1.54) is 11.1 Å². The van der Waals surface area contributed by atoms with Crippen molar-refractivity contribution in [1.82, 2.24) is 4.90 Å². The summed E-state index contributed by atoms with van der Waals surface area (Å²) in [5.41, 5.74) is 3.11. The molecule has 0 aliphatic carbocycles. The van der Waals surface area contributed by atoms with Crippen molar-refractivity contribution in [3.05, 3.63) is 70.2 Å². The summed E-state index contributed by atoms with van der Waals surface area (Å²) in [6.07, 6.45) is 0. The first kappa shape index (κ1) is 11.3. The smallest absolute Gasteiger partial charge is 0.254 e. The van der Waals surface area contributed by atoms with Crippen LogP contribution in [-0.2, 0) is 13.1 Å². The molecule has 1 amide bonds. The number of rotatable bonds is 1. The van der Waals surface area contributed by atoms with Crippen LogP contribution in [0.4, 0.5) is 0 Å². The molecule has 0 saturated carbocycles. The zero-order chi connectivity index (χ0) is 12.5. The van der Waals surface area contributed by atoms with Gasteiger partial charge in [-0.3, -0.25) is 4.79 Å². The second-order valence-corrected chi connectivity index (χ2v) is 4.88. The van der Waals surface area contributed by atoms with Gasteiger partial charge in [-0.25, -0.2) is 0 Å². The Balaban J connectivity index is 1.84. The first-order valence-electron chi connectivity index (χ1n) is 5.85. The van der Waals surface area contributed by atoms with Gasteiger partial charge in [-0.15, -0.1) is 0 Å². The van der Waals surface area contributed by atoms with E-state index in [0.717, 1.165) is 0 Å². The van der Waals surface area contributed by atoms with Gasteiger partial charge < -0.3 is 4.90 Å². The molecule has 3 heteroatoms. The quantitative estimate of drug-likeness (QED) is 0.766. The van der Waals surface area contributed by atoms with Gasteiger partial charge in [0.05, 0.1) is 0 Å². The predicted molar refractivity (Wildman–Crippen MR) is 71.5 cm³/mol. The Hall–Kier alpha value is -1.80. The first-order valence-corrected chi connectivity index (χ1v) is 6.23. The summed E-state index contributed by atoms with van der Waals surface area (Å²) in [5.74, 6) is 0.0358. The van der Waals surface area contributed by atoms with Gasteiger partial charge >= 0.3 is 0 Å². The Kier molecular flexibility index (Phi) is 2.80. The van der Waals surface area contributed by atoms with Crippen molar-refractivity contribution in [2.75, 3.05) is 0 Å². The highest BCUT2D eigenvalue weighted by Gasteiger charge is 2.23. The molecule has 0 fully saturated rings. The third kappa shape index (κ3) is 2.00. The summed E-state index contributed by atoms with van der Waals surface area (Å²) in [6, 6.07) is 15.2. The maximum absolute atomic E-state index is 12.3. The number of carbonyl (C=O) groups excluding carboxylic acids is 1. The maximum atomic E-state index is 12.3. The molecule has 0 radical (unpaired) electrons. The van der Waals surface area contributed by atoms with E-state index in [4.69, 9.17) is 11.6 Å². The summed E-state index contributed by atoms with van der Waals surface area (Å²) in [7, 11) is 0. The zero-order valence-corrected chi connectivity index (χ0v) is 10.5. The van der Waals surface area contributed by atoms with Gasteiger partial charge in [-0.1, -0.05) is 41.9 Å². The van der Waals surface area contributed by atoms with Crippen LogP contribution in [0.15, 0.2) is 48.5 Å². The van der Waals surface area contributed by atoms with Crippen LogP contribution in [0.25, 0.3) is 0 Å². The largest absolute Gasteiger partial charge is 0.330 e. The van der Waals surface area contributed by atoms with Crippen LogP contribution < -0.4 is 0 Å². The van der Waals surface area contributed by atoms with Crippen LogP contribution in [-0.4, -0.2) is 10.8 Å². The standard InChI is InChI=1S/C15H12ClNO/c16-14-7-3-6-11(8-14)15(18)17-9-12-4-1-2-5-13(12)10-17/h1-8H,9-10H2. The van der Waals surface area contributed by atoms with Crippen molar-refractivity contribution < 1.29 is 4.79 Å². The number of halogens is 1. The molecule has 0 bridgehead atoms. The molecular weight excluding hydrogens is 246 g/mol. The molecule has 2 aromatic carbocycles. The Morgan fingerprint density at radius 1 is 1.00 bits per heavy atom. The minimum Gasteiger partial charge on any atom is -0.330 e. The summed E-state index contributed by atoms with van der Waals surface area (Å²) in [4.78, 5) is 14.2. The normalized spacial score (nSPS) is 13.5. The number of fused-ring (bicyclic) bond motifs is 1. The summed E-state index contributed by atoms with van der Waals surface area (Å²) in [6.45, 7) is 1.36. The minimum absolute atomic E-state index is 0.0358. The lowest BCUT2D eigenvalue weighted by molar-refractivity contribution is 0.0751. The van der Waals surface area contributed by atoms with Gasteiger partial charge in [0.2, 0.25) is 0 Å². The molecule has 2 aromatic rings. The van der Waals surface area contributed by atoms with Crippen LogP contribution in [0.2, 0.25) is 5.02 Å². The maximum Gasteiger partial charge on any atom is 0.254 e. The Morgan fingerprint density at radius 2 is 1.67 bits per heavy atom. The van der Waals surface area contributed by atoms with Gasteiger partial charge in [0.15, 0.2) is 0 Å². The Bertz CT molecular complexity index is 584. The first-order chi connectivity index (χ1) is 8.74. The molecule has 0 saturated heterocycles. The van der Waals surface area contributed by atoms with E-state index >= 15 is 0 Å². The molecule has 0 atom stereocenters. The monoisotopic (exact) mass is 257 g/mol. The zero-order valence-electron chi connectivity index (χ0n) is 9.77. The average Bonchev–Trinajstić information content (AvgIpc) is 2.81. The fourth-order valence-electron chi connectivity index (χ4n) is 2.28. The average molecular weight is 258 g/mol. The molecule has 0 spiro atoms. The highest BCUT2D eigenvalue weighted by atomic mass is 35.5. The number of benzene rings is 2. The van der Waals surface area contributed by atoms with Gasteiger partial charge in [0.25, 0.3) is 5.91 Å². The molecule has 18 heavy (non-hydrogen) atoms. The number of hydrogen-bond acceptors (Lipinski definition) is 1. The SMILES string of the molecule is O=C(c1cccc(Cl)c1)N1Cc2ccccc2C1. The van der Waals surface area contributed by atoms with E-state index in [0.29, 0.717) is 23.7 Å². The molecule has 1 aliphatic rings. The lowest BCUT2D eigenvalue weighted by atomic mass is 10.1. The lowest BCUT2D eigenvalue weighted by Crippen LogP contribution is -2.25. The number of carbonyl (C=O) groups is 1. The van der Waals surface area contributed by atoms with Crippen molar-refractivity contribution >= 4 is 17.5 Å². The Morgan fingerprint density at radius 3 is 2.28 bits per heavy atom. The molecule has 0 N–H and O–H groups in total. The molecule has 2 nitrogen and oxygen atoms in total. The van der Waals surface area contributed by atoms with E-state index in [9.17, 15) is 4.79 Å². The van der Waals surface area contributed by atoms with Crippen molar-refractivity contribution in [3.63, 3.8) is 0 Å². The van der Waals surface area contributed by atoms with E-state index < -0.39 is 0 Å². The molecule has 1 aliphatic heterocycles. The van der Waals surface area contributed by atoms with Gasteiger partial charge in [0.1, 0.15) is 0 Å². The summed E-state index contributed by atoms with van der Waals surface area (Å²) in [5, 5.41) is 0.595. The number of hydrogen-bond donors (Lipinski definition) is 0. The Labute approximate surface area is 111 Å². The van der Waals surface area contributed by atoms with Crippen molar-refractivity contribution in [2.45, 2.75) is 13.1 Å². The van der Waals surface area contributed by atoms with Crippen LogP contribution in [0.5, 0.6) is 0 Å². The summed E-state index contributed by atoms with van der Waals surface area (Å²) < 4.78 is 0. The van der Waals surface area contributed by atoms with Gasteiger partial charge in [-0.05, 0) is 29.3 Å². The van der Waals surface area contributed by atoms with Gasteiger partial charge in [-0.2, -0.15) is 0 Å². The van der Waals surface area contributed by atoms with Crippen molar-refractivity contribution in [2.24, 2.45) is 0 Å². The number of nitrogens with zero attached hydrogens (tertiary/aromatic N) is 1. The molecular formula is C15H12ClNO. The van der Waals surface area contributed by atoms with Crippen LogP contribution in [0, 0.1) is 0 Å². The van der Waals surface area contributed by atoms with Crippen LogP contribution in [0.1, 0.15) is 21.5 Å². The number of amides is 1. The van der Waals surface area contributed by atoms with Crippen LogP contribution >= 0.6 is 11.6 Å². The molecule has 3 rings (SSSR count). The van der Waals surface area contributed by atoms with Crippen LogP contribution in [0.3, 0.4) is 0 Å². The third-order valence-electron chi connectivity index (χ3n) is 3.20. The lowest BCUT2D eigenvalue weighted by Gasteiger charge is -2.15. The highest BCUT2D eigenvalue weighted by molar-refractivity contribution is 6.30. The third-order valence-corrected chi connectivity index (χ3v) is 3.43. The van der Waals surface area contributed by atoms with Crippen molar-refractivity contribution in [1.29, 1.82) is 0 Å². The van der Waals surface area contributed by atoms with E-state index in [1.807, 2.05) is 17.0 Å². The molecule has 1 heterocycles. The summed E-state index contributed by atoms with van der Waals surface area (Å²) >= 11 is 5.91. The molecule has 0 aromatic heterocycles. The molecule has 0 unspecified atom stereocenters. The molecule has 90 valence electrons. The van der Waals surface area contributed by atoms with E-state index in [1.54, 1.807) is 24.3 Å². The highest BCUT2D eigenvalue weighted by Crippen LogP contribution is 2.24. The second-order valence-electron chi connectivity index (χ2n) is 4.44. The van der Waals surface area contributed by atoms with E-state index in [2.05, 4.69) is 12.1 Å². The fourth-order valence-corrected chi connectivity index (χ4v) is 2.47.